The van der Waals surface area contributed by atoms with Gasteiger partial charge in [-0.15, -0.1) is 0 Å². The van der Waals surface area contributed by atoms with E-state index in [1.54, 1.807) is 11.8 Å². The lowest BCUT2D eigenvalue weighted by atomic mass is 10.1. The van der Waals surface area contributed by atoms with Gasteiger partial charge in [-0.05, 0) is 36.9 Å². The van der Waals surface area contributed by atoms with Crippen LogP contribution in [-0.2, 0) is 32.0 Å². The minimum Gasteiger partial charge on any atom is -0.480 e. The predicted octanol–water partition coefficient (Wildman–Crippen LogP) is -0.709. The summed E-state index contributed by atoms with van der Waals surface area (Å²) in [5.41, 5.74) is 7.05. The van der Waals surface area contributed by atoms with Crippen molar-refractivity contribution in [2.75, 3.05) is 24.0 Å². The Hall–Kier alpha value is -3.04. The van der Waals surface area contributed by atoms with Crippen molar-refractivity contribution in [1.82, 2.24) is 35.9 Å². The zero-order chi connectivity index (χ0) is 27.2. The van der Waals surface area contributed by atoms with Crippen LogP contribution in [0.15, 0.2) is 25.0 Å². The fourth-order valence-corrected chi connectivity index (χ4v) is 4.31. The number of nitrogens with zero attached hydrogens (tertiary/aromatic N) is 2. The molecule has 204 valence electrons. The molecule has 15 heteroatoms. The molecule has 0 aromatic carbocycles. The molecule has 3 amide bonds. The number of thioether (sulfide) groups is 2. The van der Waals surface area contributed by atoms with Gasteiger partial charge in [0, 0.05) is 36.6 Å². The first-order valence-electron chi connectivity index (χ1n) is 11.6. The van der Waals surface area contributed by atoms with Crippen LogP contribution in [0.25, 0.3) is 0 Å². The Morgan fingerprint density at radius 2 is 1.32 bits per heavy atom. The molecule has 37 heavy (non-hydrogen) atoms. The number of amides is 3. The van der Waals surface area contributed by atoms with E-state index in [1.807, 2.05) is 12.5 Å². The van der Waals surface area contributed by atoms with E-state index in [0.29, 0.717) is 35.7 Å². The first-order valence-corrected chi connectivity index (χ1v) is 14.4. The quantitative estimate of drug-likeness (QED) is 0.131. The Labute approximate surface area is 223 Å². The van der Waals surface area contributed by atoms with Crippen LogP contribution in [0.1, 0.15) is 24.2 Å². The van der Waals surface area contributed by atoms with Crippen molar-refractivity contribution < 1.29 is 24.3 Å². The molecule has 0 fully saturated rings. The highest BCUT2D eigenvalue weighted by atomic mass is 32.2. The Kier molecular flexibility index (Phi) is 13.0. The predicted molar refractivity (Wildman–Crippen MR) is 142 cm³/mol. The van der Waals surface area contributed by atoms with Crippen LogP contribution >= 0.6 is 23.5 Å². The van der Waals surface area contributed by atoms with Crippen LogP contribution < -0.4 is 21.7 Å². The van der Waals surface area contributed by atoms with Crippen molar-refractivity contribution in [3.8, 4) is 0 Å². The third kappa shape index (κ3) is 10.5. The average Bonchev–Trinajstić information content (AvgIpc) is 3.58. The van der Waals surface area contributed by atoms with Gasteiger partial charge in [0.1, 0.15) is 18.1 Å². The van der Waals surface area contributed by atoms with Crippen LogP contribution in [0.3, 0.4) is 0 Å². The summed E-state index contributed by atoms with van der Waals surface area (Å²) >= 11 is 3.07. The van der Waals surface area contributed by atoms with Crippen molar-refractivity contribution in [2.45, 2.75) is 49.9 Å². The number of hydrogen-bond acceptors (Lipinski definition) is 9. The van der Waals surface area contributed by atoms with Gasteiger partial charge in [0.25, 0.3) is 0 Å². The van der Waals surface area contributed by atoms with E-state index in [2.05, 4.69) is 35.9 Å². The summed E-state index contributed by atoms with van der Waals surface area (Å²) in [6.45, 7) is 0. The second kappa shape index (κ2) is 15.9. The minimum atomic E-state index is -1.25. The molecule has 4 unspecified atom stereocenters. The molecule has 0 aliphatic rings. The molecule has 13 nitrogen and oxygen atoms in total. The molecule has 0 aliphatic carbocycles. The SMILES string of the molecule is CSCCC(N)C(=O)NC(CCSC)C(=O)NC(Cc1cnc[nH]1)C(=O)NC(Cc1cnc[nH]1)C(=O)O. The molecule has 2 aromatic heterocycles. The van der Waals surface area contributed by atoms with Crippen molar-refractivity contribution in [2.24, 2.45) is 5.73 Å². The number of aromatic nitrogens is 4. The van der Waals surface area contributed by atoms with Crippen molar-refractivity contribution >= 4 is 47.2 Å². The van der Waals surface area contributed by atoms with Crippen LogP contribution in [0.5, 0.6) is 0 Å². The molecular formula is C22H34N8O5S2. The lowest BCUT2D eigenvalue weighted by molar-refractivity contribution is -0.142. The highest BCUT2D eigenvalue weighted by Gasteiger charge is 2.31. The van der Waals surface area contributed by atoms with E-state index in [0.717, 1.165) is 0 Å². The van der Waals surface area contributed by atoms with Gasteiger partial charge in [0.2, 0.25) is 17.7 Å². The number of hydrogen-bond donors (Lipinski definition) is 7. The molecule has 2 heterocycles. The number of imidazole rings is 2. The van der Waals surface area contributed by atoms with Gasteiger partial charge in [-0.2, -0.15) is 23.5 Å². The number of carboxylic acid groups (broad SMARTS) is 1. The number of carbonyl (C=O) groups is 4. The first-order chi connectivity index (χ1) is 17.7. The molecule has 2 rings (SSSR count). The summed E-state index contributed by atoms with van der Waals surface area (Å²) in [6, 6.07) is -4.07. The monoisotopic (exact) mass is 554 g/mol. The molecule has 0 spiro atoms. The summed E-state index contributed by atoms with van der Waals surface area (Å²) in [6.07, 6.45) is 10.4. The van der Waals surface area contributed by atoms with Crippen LogP contribution in [0.2, 0.25) is 0 Å². The number of carbonyl (C=O) groups excluding carboxylic acids is 3. The number of H-pyrrole nitrogens is 2. The van der Waals surface area contributed by atoms with Crippen LogP contribution in [-0.4, -0.2) is 96.9 Å². The molecular weight excluding hydrogens is 520 g/mol. The minimum absolute atomic E-state index is 0.0217. The number of carboxylic acids is 1. The summed E-state index contributed by atoms with van der Waals surface area (Å²) in [7, 11) is 0. The molecule has 0 saturated heterocycles. The third-order valence-electron chi connectivity index (χ3n) is 5.42. The fraction of sp³-hybridized carbons (Fsp3) is 0.545. The van der Waals surface area contributed by atoms with Crippen molar-refractivity contribution in [3.05, 3.63) is 36.4 Å². The Bertz CT molecular complexity index is 989. The fourth-order valence-electron chi connectivity index (χ4n) is 3.35. The zero-order valence-corrected chi connectivity index (χ0v) is 22.4. The van der Waals surface area contributed by atoms with Gasteiger partial charge in [0.05, 0.1) is 18.7 Å². The van der Waals surface area contributed by atoms with Gasteiger partial charge >= 0.3 is 5.97 Å². The molecule has 0 bridgehead atoms. The topological polar surface area (TPSA) is 208 Å². The highest BCUT2D eigenvalue weighted by Crippen LogP contribution is 2.07. The maximum Gasteiger partial charge on any atom is 0.326 e. The summed E-state index contributed by atoms with van der Waals surface area (Å²) in [4.78, 5) is 64.2. The Morgan fingerprint density at radius 1 is 0.838 bits per heavy atom. The van der Waals surface area contributed by atoms with E-state index in [-0.39, 0.29) is 12.8 Å². The number of nitrogens with one attached hydrogen (secondary N) is 5. The Balaban J connectivity index is 2.15. The van der Waals surface area contributed by atoms with E-state index in [9.17, 15) is 24.3 Å². The summed E-state index contributed by atoms with van der Waals surface area (Å²) < 4.78 is 0. The van der Waals surface area contributed by atoms with Gasteiger partial charge in [0.15, 0.2) is 0 Å². The van der Waals surface area contributed by atoms with Crippen molar-refractivity contribution in [1.29, 1.82) is 0 Å². The summed E-state index contributed by atoms with van der Waals surface area (Å²) in [5, 5.41) is 17.5. The summed E-state index contributed by atoms with van der Waals surface area (Å²) in [5.74, 6) is -1.66. The number of aliphatic carboxylic acids is 1. The van der Waals surface area contributed by atoms with Crippen molar-refractivity contribution in [3.63, 3.8) is 0 Å². The largest absolute Gasteiger partial charge is 0.480 e. The molecule has 0 saturated carbocycles. The van der Waals surface area contributed by atoms with Gasteiger partial charge in [-0.1, -0.05) is 0 Å². The van der Waals surface area contributed by atoms with E-state index in [4.69, 9.17) is 5.73 Å². The number of rotatable bonds is 17. The molecule has 0 aliphatic heterocycles. The lowest BCUT2D eigenvalue weighted by Gasteiger charge is -2.25. The lowest BCUT2D eigenvalue weighted by Crippen LogP contribution is -2.58. The van der Waals surface area contributed by atoms with Crippen LogP contribution in [0, 0.1) is 0 Å². The highest BCUT2D eigenvalue weighted by molar-refractivity contribution is 7.98. The average molecular weight is 555 g/mol. The second-order valence-corrected chi connectivity index (χ2v) is 10.2. The molecule has 2 aromatic rings. The van der Waals surface area contributed by atoms with E-state index in [1.165, 1.54) is 36.8 Å². The van der Waals surface area contributed by atoms with E-state index < -0.39 is 47.9 Å². The van der Waals surface area contributed by atoms with Gasteiger partial charge < -0.3 is 36.8 Å². The molecule has 8 N–H and O–H groups in total. The maximum absolute atomic E-state index is 13.2. The Morgan fingerprint density at radius 3 is 1.84 bits per heavy atom. The standard InChI is InChI=1S/C22H34N8O5S2/c1-36-5-3-15(23)19(31)28-16(4-6-37-2)20(32)29-17(7-13-9-24-11-26-13)21(33)30-18(22(34)35)8-14-10-25-12-27-14/h9-12,15-18H,3-8,23H2,1-2H3,(H,24,26)(H,25,27)(H,28,31)(H,29,32)(H,30,33)(H,34,35). The normalized spacial score (nSPS) is 14.2. The number of aromatic amines is 2. The zero-order valence-electron chi connectivity index (χ0n) is 20.7. The van der Waals surface area contributed by atoms with Gasteiger partial charge in [-0.25, -0.2) is 14.8 Å². The third-order valence-corrected chi connectivity index (χ3v) is 6.71. The maximum atomic E-state index is 13.2. The molecule has 4 atom stereocenters. The van der Waals surface area contributed by atoms with Crippen LogP contribution in [0.4, 0.5) is 0 Å². The first kappa shape index (κ1) is 30.2. The van der Waals surface area contributed by atoms with E-state index >= 15 is 0 Å². The molecule has 0 radical (unpaired) electrons. The van der Waals surface area contributed by atoms with Gasteiger partial charge in [-0.3, -0.25) is 14.4 Å². The number of nitrogens with two attached hydrogens (primary N) is 1. The smallest absolute Gasteiger partial charge is 0.326 e. The second-order valence-electron chi connectivity index (χ2n) is 8.25.